The molecule has 0 aliphatic rings. The van der Waals surface area contributed by atoms with Crippen molar-refractivity contribution < 1.29 is 14.3 Å². The van der Waals surface area contributed by atoms with Crippen molar-refractivity contribution in [1.82, 2.24) is 25.1 Å². The van der Waals surface area contributed by atoms with Crippen LogP contribution in [0.1, 0.15) is 47.1 Å². The van der Waals surface area contributed by atoms with Gasteiger partial charge in [0.15, 0.2) is 17.1 Å². The summed E-state index contributed by atoms with van der Waals surface area (Å²) < 4.78 is 12.6. The number of rotatable bonds is 7. The molecule has 182 valence electrons. The molecule has 3 heterocycles. The van der Waals surface area contributed by atoms with Crippen LogP contribution in [-0.4, -0.2) is 39.9 Å². The van der Waals surface area contributed by atoms with Crippen LogP contribution in [-0.2, 0) is 6.54 Å². The molecule has 9 nitrogen and oxygen atoms in total. The highest BCUT2D eigenvalue weighted by molar-refractivity contribution is 6.06. The van der Waals surface area contributed by atoms with Crippen LogP contribution in [0.2, 0.25) is 0 Å². The molecule has 0 fully saturated rings. The van der Waals surface area contributed by atoms with Crippen molar-refractivity contribution in [2.45, 2.75) is 40.3 Å². The average Bonchev–Trinajstić information content (AvgIpc) is 3.26. The van der Waals surface area contributed by atoms with E-state index in [0.717, 1.165) is 16.8 Å². The summed E-state index contributed by atoms with van der Waals surface area (Å²) in [6, 6.07) is 9.15. The van der Waals surface area contributed by atoms with Crippen LogP contribution < -0.4 is 20.3 Å². The number of carbonyl (C=O) groups excluding carboxylic acids is 1. The van der Waals surface area contributed by atoms with Crippen molar-refractivity contribution in [2.75, 3.05) is 14.2 Å². The average molecular weight is 476 g/mol. The molecule has 3 aromatic heterocycles. The Morgan fingerprint density at radius 2 is 1.86 bits per heavy atom. The monoisotopic (exact) mass is 475 g/mol. The molecule has 1 amide bonds. The fourth-order valence-electron chi connectivity index (χ4n) is 4.09. The number of H-pyrrole nitrogens is 1. The number of methoxy groups -OCH3 is 2. The molecule has 2 N–H and O–H groups in total. The van der Waals surface area contributed by atoms with Crippen molar-refractivity contribution in [2.24, 2.45) is 0 Å². The van der Waals surface area contributed by atoms with E-state index in [-0.39, 0.29) is 24.1 Å². The number of hydrogen-bond acceptors (Lipinski definition) is 6. The highest BCUT2D eigenvalue weighted by Crippen LogP contribution is 2.33. The number of nitrogens with zero attached hydrogens (tertiary/aromatic N) is 3. The van der Waals surface area contributed by atoms with Gasteiger partial charge in [0.1, 0.15) is 0 Å². The standard InChI is InChI=1S/C26H29N5O4/c1-14(2)31-24-20(13-28-31)18(25(32)27-12-19-15(3)9-16(4)29-26(19)33)11-21(30-24)17-7-8-22(34-5)23(10-17)35-6/h7-11,13-14H,12H2,1-6H3,(H,27,32)(H,29,33). The number of amides is 1. The van der Waals surface area contributed by atoms with E-state index in [4.69, 9.17) is 14.5 Å². The number of ether oxygens (including phenoxy) is 2. The molecular formula is C26H29N5O4. The molecule has 0 saturated heterocycles. The van der Waals surface area contributed by atoms with E-state index in [1.54, 1.807) is 37.2 Å². The number of aromatic nitrogens is 4. The number of carbonyl (C=O) groups is 1. The van der Waals surface area contributed by atoms with Gasteiger partial charge in [0.2, 0.25) is 0 Å². The van der Waals surface area contributed by atoms with Crippen molar-refractivity contribution in [3.05, 3.63) is 69.3 Å². The van der Waals surface area contributed by atoms with E-state index in [1.165, 1.54) is 0 Å². The summed E-state index contributed by atoms with van der Waals surface area (Å²) in [6.07, 6.45) is 1.65. The van der Waals surface area contributed by atoms with Crippen LogP contribution in [0.25, 0.3) is 22.3 Å². The maximum absolute atomic E-state index is 13.4. The summed E-state index contributed by atoms with van der Waals surface area (Å²) in [5.74, 6) is 0.840. The number of pyridine rings is 2. The van der Waals surface area contributed by atoms with Crippen LogP contribution in [0.15, 0.2) is 41.3 Å². The first-order valence-corrected chi connectivity index (χ1v) is 11.3. The third-order valence-electron chi connectivity index (χ3n) is 5.90. The van der Waals surface area contributed by atoms with Crippen molar-refractivity contribution >= 4 is 16.9 Å². The van der Waals surface area contributed by atoms with Gasteiger partial charge in [0.05, 0.1) is 37.1 Å². The van der Waals surface area contributed by atoms with Gasteiger partial charge >= 0.3 is 0 Å². The zero-order valence-corrected chi connectivity index (χ0v) is 20.7. The molecule has 0 spiro atoms. The molecule has 0 radical (unpaired) electrons. The quantitative estimate of drug-likeness (QED) is 0.419. The Morgan fingerprint density at radius 1 is 1.11 bits per heavy atom. The molecular weight excluding hydrogens is 446 g/mol. The molecule has 35 heavy (non-hydrogen) atoms. The van der Waals surface area contributed by atoms with Gasteiger partial charge < -0.3 is 19.8 Å². The largest absolute Gasteiger partial charge is 0.493 e. The zero-order chi connectivity index (χ0) is 25.3. The number of hydrogen-bond donors (Lipinski definition) is 2. The first-order chi connectivity index (χ1) is 16.7. The first-order valence-electron chi connectivity index (χ1n) is 11.3. The SMILES string of the molecule is COc1ccc(-c2cc(C(=O)NCc3c(C)cc(C)[nH]c3=O)c3cnn(C(C)C)c3n2)cc1OC. The normalized spacial score (nSPS) is 11.2. The molecule has 4 rings (SSSR count). The molecule has 0 saturated carbocycles. The number of benzene rings is 1. The van der Waals surface area contributed by atoms with Crippen molar-refractivity contribution in [3.63, 3.8) is 0 Å². The Hall–Kier alpha value is -4.14. The number of nitrogens with one attached hydrogen (secondary N) is 2. The van der Waals surface area contributed by atoms with E-state index in [9.17, 15) is 9.59 Å². The smallest absolute Gasteiger partial charge is 0.253 e. The number of fused-ring (bicyclic) bond motifs is 1. The maximum Gasteiger partial charge on any atom is 0.253 e. The van der Waals surface area contributed by atoms with Crippen LogP contribution in [0.4, 0.5) is 0 Å². The van der Waals surface area contributed by atoms with Crippen molar-refractivity contribution in [3.8, 4) is 22.8 Å². The summed E-state index contributed by atoms with van der Waals surface area (Å²) >= 11 is 0. The van der Waals surface area contributed by atoms with E-state index in [2.05, 4.69) is 15.4 Å². The number of aromatic amines is 1. The molecule has 1 aromatic carbocycles. The summed E-state index contributed by atoms with van der Waals surface area (Å²) in [7, 11) is 3.14. The summed E-state index contributed by atoms with van der Waals surface area (Å²) in [5, 5.41) is 8.00. The highest BCUT2D eigenvalue weighted by Gasteiger charge is 2.20. The van der Waals surface area contributed by atoms with E-state index in [0.29, 0.717) is 39.4 Å². The predicted molar refractivity (Wildman–Crippen MR) is 134 cm³/mol. The molecule has 0 bridgehead atoms. The van der Waals surface area contributed by atoms with Crippen molar-refractivity contribution in [1.29, 1.82) is 0 Å². The third-order valence-corrected chi connectivity index (χ3v) is 5.90. The first kappa shape index (κ1) is 24.0. The van der Waals surface area contributed by atoms with Crippen LogP contribution in [0, 0.1) is 13.8 Å². The topological polar surface area (TPSA) is 111 Å². The minimum Gasteiger partial charge on any atom is -0.493 e. The van der Waals surface area contributed by atoms with Gasteiger partial charge in [0.25, 0.3) is 11.5 Å². The van der Waals surface area contributed by atoms with Gasteiger partial charge in [-0.1, -0.05) is 0 Å². The third kappa shape index (κ3) is 4.62. The van der Waals surface area contributed by atoms with Gasteiger partial charge in [-0.2, -0.15) is 5.10 Å². The Labute approximate surface area is 203 Å². The second kappa shape index (κ2) is 9.61. The minimum absolute atomic E-state index is 0.0466. The zero-order valence-electron chi connectivity index (χ0n) is 20.7. The maximum atomic E-state index is 13.4. The van der Waals surface area contributed by atoms with Gasteiger partial charge in [-0.3, -0.25) is 9.59 Å². The van der Waals surface area contributed by atoms with Crippen LogP contribution in [0.5, 0.6) is 11.5 Å². The van der Waals surface area contributed by atoms with E-state index >= 15 is 0 Å². The number of aryl methyl sites for hydroxylation is 2. The predicted octanol–water partition coefficient (Wildman–Crippen LogP) is 3.93. The van der Waals surface area contributed by atoms with E-state index < -0.39 is 0 Å². The van der Waals surface area contributed by atoms with Crippen LogP contribution >= 0.6 is 0 Å². The highest BCUT2D eigenvalue weighted by atomic mass is 16.5. The summed E-state index contributed by atoms with van der Waals surface area (Å²) in [6.45, 7) is 7.80. The second-order valence-corrected chi connectivity index (χ2v) is 8.67. The minimum atomic E-state index is -0.318. The molecule has 0 atom stereocenters. The Morgan fingerprint density at radius 3 is 2.51 bits per heavy atom. The lowest BCUT2D eigenvalue weighted by molar-refractivity contribution is 0.0952. The van der Waals surface area contributed by atoms with Gasteiger partial charge in [0, 0.05) is 29.4 Å². The second-order valence-electron chi connectivity index (χ2n) is 8.67. The molecule has 9 heteroatoms. The Bertz CT molecular complexity index is 1470. The Kier molecular flexibility index (Phi) is 6.59. The lowest BCUT2D eigenvalue weighted by Crippen LogP contribution is -2.28. The van der Waals surface area contributed by atoms with Gasteiger partial charge in [-0.05, 0) is 63.6 Å². The lowest BCUT2D eigenvalue weighted by Gasteiger charge is -2.13. The van der Waals surface area contributed by atoms with Gasteiger partial charge in [-0.15, -0.1) is 0 Å². The Balaban J connectivity index is 1.78. The molecule has 0 unspecified atom stereocenters. The fourth-order valence-corrected chi connectivity index (χ4v) is 4.09. The lowest BCUT2D eigenvalue weighted by atomic mass is 10.1. The fraction of sp³-hybridized carbons (Fsp3) is 0.308. The van der Waals surface area contributed by atoms with E-state index in [1.807, 2.05) is 45.9 Å². The summed E-state index contributed by atoms with van der Waals surface area (Å²) in [5.41, 5.74) is 4.30. The molecule has 0 aliphatic carbocycles. The van der Waals surface area contributed by atoms with Crippen LogP contribution in [0.3, 0.4) is 0 Å². The summed E-state index contributed by atoms with van der Waals surface area (Å²) in [4.78, 5) is 33.4. The molecule has 4 aromatic rings. The molecule has 0 aliphatic heterocycles. The van der Waals surface area contributed by atoms with Gasteiger partial charge in [-0.25, -0.2) is 9.67 Å².